The van der Waals surface area contributed by atoms with Gasteiger partial charge in [0, 0.05) is 5.69 Å². The lowest BCUT2D eigenvalue weighted by Crippen LogP contribution is -2.18. The van der Waals surface area contributed by atoms with Gasteiger partial charge in [-0.25, -0.2) is 9.97 Å². The molecule has 0 saturated carbocycles. The second-order valence-electron chi connectivity index (χ2n) is 4.19. The van der Waals surface area contributed by atoms with Gasteiger partial charge in [0.2, 0.25) is 0 Å². The predicted octanol–water partition coefficient (Wildman–Crippen LogP) is 2.24. The Labute approximate surface area is 121 Å². The van der Waals surface area contributed by atoms with E-state index in [1.807, 2.05) is 26.0 Å². The van der Waals surface area contributed by atoms with Gasteiger partial charge in [-0.2, -0.15) is 0 Å². The molecule has 0 spiro atoms. The average molecular weight is 292 g/mol. The maximum absolute atomic E-state index is 11.5. The standard InChI is InChI=1S/C13H14ClN5O/c1-3-9-11(14)19-13(10(18-9)12(15)20)17-8-5-4-7(2)16-6-8/h4-6H,3H2,1-2H3,(H2,15,20)(H,17,19). The SMILES string of the molecule is CCc1nc(C(N)=O)c(Nc2ccc(C)nc2)nc1Cl. The first-order valence-electron chi connectivity index (χ1n) is 6.07. The number of pyridine rings is 1. The molecule has 6 nitrogen and oxygen atoms in total. The quantitative estimate of drug-likeness (QED) is 0.901. The zero-order valence-electron chi connectivity index (χ0n) is 11.1. The second kappa shape index (κ2) is 5.83. The topological polar surface area (TPSA) is 93.8 Å². The Morgan fingerprint density at radius 3 is 2.70 bits per heavy atom. The fourth-order valence-corrected chi connectivity index (χ4v) is 1.87. The van der Waals surface area contributed by atoms with Gasteiger partial charge in [-0.05, 0) is 25.5 Å². The van der Waals surface area contributed by atoms with E-state index in [1.54, 1.807) is 6.20 Å². The van der Waals surface area contributed by atoms with Crippen LogP contribution in [0.4, 0.5) is 11.5 Å². The maximum atomic E-state index is 11.5. The number of carbonyl (C=O) groups is 1. The molecule has 0 aromatic carbocycles. The van der Waals surface area contributed by atoms with Gasteiger partial charge in [0.1, 0.15) is 0 Å². The van der Waals surface area contributed by atoms with Crippen LogP contribution >= 0.6 is 11.6 Å². The van der Waals surface area contributed by atoms with E-state index in [2.05, 4.69) is 20.3 Å². The average Bonchev–Trinajstić information content (AvgIpc) is 2.41. The molecular weight excluding hydrogens is 278 g/mol. The third-order valence-corrected chi connectivity index (χ3v) is 2.96. The molecule has 0 radical (unpaired) electrons. The van der Waals surface area contributed by atoms with Crippen LogP contribution in [0.5, 0.6) is 0 Å². The van der Waals surface area contributed by atoms with Gasteiger partial charge >= 0.3 is 0 Å². The number of nitrogens with one attached hydrogen (secondary N) is 1. The van der Waals surface area contributed by atoms with E-state index in [4.69, 9.17) is 17.3 Å². The smallest absolute Gasteiger partial charge is 0.271 e. The Kier molecular flexibility index (Phi) is 4.14. The summed E-state index contributed by atoms with van der Waals surface area (Å²) in [6.07, 6.45) is 2.20. The third kappa shape index (κ3) is 3.03. The van der Waals surface area contributed by atoms with Crippen molar-refractivity contribution in [2.75, 3.05) is 5.32 Å². The predicted molar refractivity (Wildman–Crippen MR) is 77.2 cm³/mol. The van der Waals surface area contributed by atoms with Crippen LogP contribution in [0.3, 0.4) is 0 Å². The van der Waals surface area contributed by atoms with Crippen molar-refractivity contribution in [2.24, 2.45) is 5.73 Å². The minimum Gasteiger partial charge on any atom is -0.364 e. The van der Waals surface area contributed by atoms with E-state index < -0.39 is 5.91 Å². The van der Waals surface area contributed by atoms with Gasteiger partial charge in [-0.15, -0.1) is 0 Å². The van der Waals surface area contributed by atoms with Crippen LogP contribution in [0.25, 0.3) is 0 Å². The summed E-state index contributed by atoms with van der Waals surface area (Å²) >= 11 is 6.02. The number of rotatable bonds is 4. The number of aryl methyl sites for hydroxylation is 2. The zero-order chi connectivity index (χ0) is 14.7. The molecule has 0 aliphatic rings. The van der Waals surface area contributed by atoms with E-state index in [9.17, 15) is 4.79 Å². The number of aromatic nitrogens is 3. The highest BCUT2D eigenvalue weighted by atomic mass is 35.5. The van der Waals surface area contributed by atoms with E-state index in [0.717, 1.165) is 5.69 Å². The summed E-state index contributed by atoms with van der Waals surface area (Å²) < 4.78 is 0. The molecule has 3 N–H and O–H groups in total. The van der Waals surface area contributed by atoms with E-state index >= 15 is 0 Å². The molecule has 0 bridgehead atoms. The Balaban J connectivity index is 2.42. The normalized spacial score (nSPS) is 10.3. The van der Waals surface area contributed by atoms with Crippen molar-refractivity contribution < 1.29 is 4.79 Å². The fourth-order valence-electron chi connectivity index (χ4n) is 1.61. The molecular formula is C13H14ClN5O. The van der Waals surface area contributed by atoms with Gasteiger partial charge in [0.25, 0.3) is 5.91 Å². The maximum Gasteiger partial charge on any atom is 0.271 e. The number of carbonyl (C=O) groups excluding carboxylic acids is 1. The summed E-state index contributed by atoms with van der Waals surface area (Å²) in [6.45, 7) is 3.75. The summed E-state index contributed by atoms with van der Waals surface area (Å²) in [4.78, 5) is 23.9. The molecule has 1 amide bonds. The number of anilines is 2. The summed E-state index contributed by atoms with van der Waals surface area (Å²) in [5, 5.41) is 3.20. The molecule has 7 heteroatoms. The number of hydrogen-bond acceptors (Lipinski definition) is 5. The van der Waals surface area contributed by atoms with Crippen LogP contribution in [0.1, 0.15) is 28.8 Å². The molecule has 0 aliphatic heterocycles. The minimum atomic E-state index is -0.661. The van der Waals surface area contributed by atoms with E-state index in [0.29, 0.717) is 17.8 Å². The molecule has 20 heavy (non-hydrogen) atoms. The van der Waals surface area contributed by atoms with Crippen LogP contribution in [0, 0.1) is 6.92 Å². The number of primary amides is 1. The van der Waals surface area contributed by atoms with Gasteiger partial charge < -0.3 is 11.1 Å². The van der Waals surface area contributed by atoms with Crippen molar-refractivity contribution in [1.29, 1.82) is 0 Å². The number of hydrogen-bond donors (Lipinski definition) is 2. The van der Waals surface area contributed by atoms with Gasteiger partial charge in [0.05, 0.1) is 17.6 Å². The highest BCUT2D eigenvalue weighted by Crippen LogP contribution is 2.21. The second-order valence-corrected chi connectivity index (χ2v) is 4.55. The van der Waals surface area contributed by atoms with Crippen molar-refractivity contribution in [3.8, 4) is 0 Å². The van der Waals surface area contributed by atoms with E-state index in [-0.39, 0.29) is 16.7 Å². The zero-order valence-corrected chi connectivity index (χ0v) is 11.9. The van der Waals surface area contributed by atoms with Crippen molar-refractivity contribution in [2.45, 2.75) is 20.3 Å². The summed E-state index contributed by atoms with van der Waals surface area (Å²) in [5.74, 6) is -0.434. The Morgan fingerprint density at radius 1 is 1.40 bits per heavy atom. The van der Waals surface area contributed by atoms with Crippen LogP contribution in [-0.2, 0) is 6.42 Å². The molecule has 2 heterocycles. The molecule has 0 unspecified atom stereocenters. The number of nitrogens with zero attached hydrogens (tertiary/aromatic N) is 3. The Morgan fingerprint density at radius 2 is 2.15 bits per heavy atom. The van der Waals surface area contributed by atoms with Crippen LogP contribution in [0.15, 0.2) is 18.3 Å². The van der Waals surface area contributed by atoms with Gasteiger partial charge in [-0.3, -0.25) is 9.78 Å². The van der Waals surface area contributed by atoms with Crippen LogP contribution in [0.2, 0.25) is 5.15 Å². The molecule has 2 aromatic rings. The molecule has 0 fully saturated rings. The third-order valence-electron chi connectivity index (χ3n) is 2.66. The first-order chi connectivity index (χ1) is 9.51. The molecule has 0 aliphatic carbocycles. The van der Waals surface area contributed by atoms with Crippen LogP contribution in [-0.4, -0.2) is 20.9 Å². The first-order valence-corrected chi connectivity index (χ1v) is 6.45. The Hall–Kier alpha value is -2.21. The molecule has 2 aromatic heterocycles. The summed E-state index contributed by atoms with van der Waals surface area (Å²) in [6, 6.07) is 3.65. The van der Waals surface area contributed by atoms with Crippen molar-refractivity contribution >= 4 is 29.0 Å². The number of halogens is 1. The number of nitrogens with two attached hydrogens (primary N) is 1. The fraction of sp³-hybridized carbons (Fsp3) is 0.231. The van der Waals surface area contributed by atoms with Crippen molar-refractivity contribution in [3.63, 3.8) is 0 Å². The minimum absolute atomic E-state index is 0.0619. The lowest BCUT2D eigenvalue weighted by molar-refractivity contribution is 0.0996. The molecule has 104 valence electrons. The monoisotopic (exact) mass is 291 g/mol. The number of amides is 1. The van der Waals surface area contributed by atoms with Gasteiger partial charge in [-0.1, -0.05) is 18.5 Å². The first kappa shape index (κ1) is 14.2. The molecule has 0 atom stereocenters. The summed E-state index contributed by atoms with van der Waals surface area (Å²) in [7, 11) is 0. The van der Waals surface area contributed by atoms with Gasteiger partial charge in [0.15, 0.2) is 16.7 Å². The lowest BCUT2D eigenvalue weighted by Gasteiger charge is -2.10. The van der Waals surface area contributed by atoms with Crippen molar-refractivity contribution in [3.05, 3.63) is 40.6 Å². The highest BCUT2D eigenvalue weighted by molar-refractivity contribution is 6.30. The molecule has 0 saturated heterocycles. The lowest BCUT2D eigenvalue weighted by atomic mass is 10.3. The van der Waals surface area contributed by atoms with Crippen LogP contribution < -0.4 is 11.1 Å². The van der Waals surface area contributed by atoms with Crippen molar-refractivity contribution in [1.82, 2.24) is 15.0 Å². The largest absolute Gasteiger partial charge is 0.364 e. The van der Waals surface area contributed by atoms with E-state index in [1.165, 1.54) is 0 Å². The molecule has 2 rings (SSSR count). The Bertz CT molecular complexity index is 642. The summed E-state index contributed by atoms with van der Waals surface area (Å²) in [5.41, 5.74) is 7.48. The highest BCUT2D eigenvalue weighted by Gasteiger charge is 2.16.